The molecule has 1 aliphatic carbocycles. The molecule has 0 aromatic carbocycles. The number of carbonyl (C=O) groups excluding carboxylic acids is 1. The average Bonchev–Trinajstić information content (AvgIpc) is 2.89. The number of carbonyl (C=O) groups is 1. The first-order chi connectivity index (χ1) is 6.79. The van der Waals surface area contributed by atoms with Gasteiger partial charge < -0.3 is 9.15 Å². The Balaban J connectivity index is 1.92. The maximum absolute atomic E-state index is 11.1. The van der Waals surface area contributed by atoms with Crippen LogP contribution in [0.2, 0.25) is 0 Å². The van der Waals surface area contributed by atoms with Crippen LogP contribution in [-0.4, -0.2) is 22.8 Å². The molecule has 5 heteroatoms. The second kappa shape index (κ2) is 3.77. The SMILES string of the molecule is CCOC(=O)Cc1nnc(C2CC2)o1. The number of hydrogen-bond acceptors (Lipinski definition) is 5. The van der Waals surface area contributed by atoms with E-state index in [0.717, 1.165) is 12.8 Å². The minimum absolute atomic E-state index is 0.0769. The van der Waals surface area contributed by atoms with E-state index < -0.39 is 0 Å². The van der Waals surface area contributed by atoms with Crippen molar-refractivity contribution in [3.8, 4) is 0 Å². The summed E-state index contributed by atoms with van der Waals surface area (Å²) in [5, 5.41) is 7.65. The first-order valence-electron chi connectivity index (χ1n) is 4.77. The molecule has 0 radical (unpaired) electrons. The van der Waals surface area contributed by atoms with E-state index in [4.69, 9.17) is 9.15 Å². The van der Waals surface area contributed by atoms with Crippen molar-refractivity contribution in [1.29, 1.82) is 0 Å². The molecule has 76 valence electrons. The molecule has 1 aromatic heterocycles. The predicted molar refractivity (Wildman–Crippen MR) is 46.6 cm³/mol. The molecule has 0 bridgehead atoms. The summed E-state index contributed by atoms with van der Waals surface area (Å²) in [6.45, 7) is 2.14. The molecule has 0 spiro atoms. The molecule has 0 amide bonds. The largest absolute Gasteiger partial charge is 0.466 e. The Kier molecular flexibility index (Phi) is 2.47. The van der Waals surface area contributed by atoms with Gasteiger partial charge in [0.05, 0.1) is 6.61 Å². The fourth-order valence-electron chi connectivity index (χ4n) is 1.17. The standard InChI is InChI=1S/C9H12N2O3/c1-2-13-8(12)5-7-10-11-9(14-7)6-3-4-6/h6H,2-5H2,1H3. The maximum atomic E-state index is 11.1. The molecule has 1 heterocycles. The number of hydrogen-bond donors (Lipinski definition) is 0. The fourth-order valence-corrected chi connectivity index (χ4v) is 1.17. The van der Waals surface area contributed by atoms with Crippen LogP contribution in [0.3, 0.4) is 0 Å². The summed E-state index contributed by atoms with van der Waals surface area (Å²) in [6.07, 6.45) is 2.30. The molecule has 14 heavy (non-hydrogen) atoms. The van der Waals surface area contributed by atoms with Gasteiger partial charge in [0.25, 0.3) is 0 Å². The Morgan fingerprint density at radius 2 is 2.36 bits per heavy atom. The highest BCUT2D eigenvalue weighted by Crippen LogP contribution is 2.38. The first-order valence-corrected chi connectivity index (χ1v) is 4.77. The van der Waals surface area contributed by atoms with Gasteiger partial charge in [-0.2, -0.15) is 0 Å². The molecule has 1 fully saturated rings. The molecule has 0 unspecified atom stereocenters. The lowest BCUT2D eigenvalue weighted by atomic mass is 10.4. The highest BCUT2D eigenvalue weighted by molar-refractivity contribution is 5.71. The van der Waals surface area contributed by atoms with Crippen LogP contribution >= 0.6 is 0 Å². The van der Waals surface area contributed by atoms with E-state index >= 15 is 0 Å². The lowest BCUT2D eigenvalue weighted by molar-refractivity contribution is -0.142. The topological polar surface area (TPSA) is 65.2 Å². The molecular weight excluding hydrogens is 184 g/mol. The fraction of sp³-hybridized carbons (Fsp3) is 0.667. The van der Waals surface area contributed by atoms with Gasteiger partial charge in [0.15, 0.2) is 0 Å². The lowest BCUT2D eigenvalue weighted by Crippen LogP contribution is -2.07. The third-order valence-corrected chi connectivity index (χ3v) is 2.01. The Morgan fingerprint density at radius 3 is 3.00 bits per heavy atom. The second-order valence-electron chi connectivity index (χ2n) is 3.29. The summed E-state index contributed by atoms with van der Waals surface area (Å²) in [4.78, 5) is 11.1. The number of nitrogens with zero attached hydrogens (tertiary/aromatic N) is 2. The molecule has 2 rings (SSSR count). The van der Waals surface area contributed by atoms with E-state index in [1.165, 1.54) is 0 Å². The predicted octanol–water partition coefficient (Wildman–Crippen LogP) is 1.05. The van der Waals surface area contributed by atoms with Gasteiger partial charge in [-0.3, -0.25) is 4.79 Å². The van der Waals surface area contributed by atoms with Gasteiger partial charge in [0.2, 0.25) is 11.8 Å². The van der Waals surface area contributed by atoms with Crippen LogP contribution in [0, 0.1) is 0 Å². The Morgan fingerprint density at radius 1 is 1.57 bits per heavy atom. The van der Waals surface area contributed by atoms with Crippen LogP contribution in [0.1, 0.15) is 37.5 Å². The Hall–Kier alpha value is -1.39. The number of aromatic nitrogens is 2. The van der Waals surface area contributed by atoms with Crippen molar-refractivity contribution in [2.24, 2.45) is 0 Å². The molecule has 0 N–H and O–H groups in total. The monoisotopic (exact) mass is 196 g/mol. The number of rotatable bonds is 4. The molecule has 0 saturated heterocycles. The Labute approximate surface area is 81.5 Å². The summed E-state index contributed by atoms with van der Waals surface area (Å²) < 4.78 is 10.1. The molecular formula is C9H12N2O3. The van der Waals surface area contributed by atoms with Crippen molar-refractivity contribution in [2.45, 2.75) is 32.1 Å². The summed E-state index contributed by atoms with van der Waals surface area (Å²) in [6, 6.07) is 0. The van der Waals surface area contributed by atoms with Gasteiger partial charge in [-0.1, -0.05) is 0 Å². The van der Waals surface area contributed by atoms with E-state index in [1.807, 2.05) is 0 Å². The highest BCUT2D eigenvalue weighted by atomic mass is 16.5. The van der Waals surface area contributed by atoms with Crippen LogP contribution in [0.15, 0.2) is 4.42 Å². The first kappa shape index (κ1) is 9.18. The lowest BCUT2D eigenvalue weighted by Gasteiger charge is -1.96. The van der Waals surface area contributed by atoms with E-state index in [-0.39, 0.29) is 12.4 Å². The van der Waals surface area contributed by atoms with Crippen LogP contribution in [0.25, 0.3) is 0 Å². The van der Waals surface area contributed by atoms with Gasteiger partial charge in [0.1, 0.15) is 6.42 Å². The summed E-state index contributed by atoms with van der Waals surface area (Å²) in [5.41, 5.74) is 0. The van der Waals surface area contributed by atoms with Crippen LogP contribution in [-0.2, 0) is 16.0 Å². The zero-order valence-corrected chi connectivity index (χ0v) is 8.02. The van der Waals surface area contributed by atoms with E-state index in [1.54, 1.807) is 6.92 Å². The molecule has 1 aromatic rings. The van der Waals surface area contributed by atoms with Crippen molar-refractivity contribution < 1.29 is 13.9 Å². The third kappa shape index (κ3) is 2.10. The van der Waals surface area contributed by atoms with Crippen LogP contribution < -0.4 is 0 Å². The molecule has 0 aliphatic heterocycles. The van der Waals surface area contributed by atoms with Gasteiger partial charge in [-0.05, 0) is 19.8 Å². The second-order valence-corrected chi connectivity index (χ2v) is 3.29. The quantitative estimate of drug-likeness (QED) is 0.673. The Bertz CT molecular complexity index is 331. The summed E-state index contributed by atoms with van der Waals surface area (Å²) in [5.74, 6) is 1.12. The van der Waals surface area contributed by atoms with Crippen molar-refractivity contribution in [3.63, 3.8) is 0 Å². The van der Waals surface area contributed by atoms with Gasteiger partial charge in [-0.25, -0.2) is 0 Å². The normalized spacial score (nSPS) is 15.5. The third-order valence-electron chi connectivity index (χ3n) is 2.01. The number of esters is 1. The van der Waals surface area contributed by atoms with E-state index in [0.29, 0.717) is 24.3 Å². The van der Waals surface area contributed by atoms with Crippen molar-refractivity contribution in [2.75, 3.05) is 6.61 Å². The van der Waals surface area contributed by atoms with Gasteiger partial charge >= 0.3 is 5.97 Å². The molecule has 5 nitrogen and oxygen atoms in total. The van der Waals surface area contributed by atoms with Crippen LogP contribution in [0.5, 0.6) is 0 Å². The van der Waals surface area contributed by atoms with E-state index in [2.05, 4.69) is 10.2 Å². The van der Waals surface area contributed by atoms with Crippen molar-refractivity contribution >= 4 is 5.97 Å². The molecule has 0 atom stereocenters. The zero-order valence-electron chi connectivity index (χ0n) is 8.02. The van der Waals surface area contributed by atoms with Crippen LogP contribution in [0.4, 0.5) is 0 Å². The minimum atomic E-state index is -0.321. The van der Waals surface area contributed by atoms with Gasteiger partial charge in [-0.15, -0.1) is 10.2 Å². The van der Waals surface area contributed by atoms with Gasteiger partial charge in [0, 0.05) is 5.92 Å². The average molecular weight is 196 g/mol. The molecule has 1 aliphatic rings. The van der Waals surface area contributed by atoms with Crippen molar-refractivity contribution in [3.05, 3.63) is 11.8 Å². The number of ether oxygens (including phenoxy) is 1. The molecule has 1 saturated carbocycles. The summed E-state index contributed by atoms with van der Waals surface area (Å²) >= 11 is 0. The zero-order chi connectivity index (χ0) is 9.97. The smallest absolute Gasteiger partial charge is 0.315 e. The maximum Gasteiger partial charge on any atom is 0.315 e. The summed E-state index contributed by atoms with van der Waals surface area (Å²) in [7, 11) is 0. The van der Waals surface area contributed by atoms with Crippen molar-refractivity contribution in [1.82, 2.24) is 10.2 Å². The highest BCUT2D eigenvalue weighted by Gasteiger charge is 2.29. The minimum Gasteiger partial charge on any atom is -0.466 e. The van der Waals surface area contributed by atoms with E-state index in [9.17, 15) is 4.79 Å².